The molecule has 0 fully saturated rings. The molecule has 0 aliphatic carbocycles. The van der Waals surface area contributed by atoms with Crippen molar-refractivity contribution in [1.29, 1.82) is 0 Å². The van der Waals surface area contributed by atoms with Gasteiger partial charge in [-0.05, 0) is 0 Å². The van der Waals surface area contributed by atoms with E-state index in [1.165, 1.54) is 0 Å². The molecule has 1 aromatic rings. The first-order valence-corrected chi connectivity index (χ1v) is 6.96. The Morgan fingerprint density at radius 2 is 1.00 bits per heavy atom. The first-order valence-electron chi connectivity index (χ1n) is 6.02. The summed E-state index contributed by atoms with van der Waals surface area (Å²) < 4.78 is 27.2. The molecule has 0 saturated carbocycles. The lowest BCUT2D eigenvalue weighted by molar-refractivity contribution is 0.00708. The molecule has 102 valence electrons. The fourth-order valence-electron chi connectivity index (χ4n) is 1.45. The lowest BCUT2D eigenvalue weighted by Crippen LogP contribution is -2.13. The van der Waals surface area contributed by atoms with Crippen molar-refractivity contribution in [2.75, 3.05) is 52.9 Å². The van der Waals surface area contributed by atoms with E-state index in [2.05, 4.69) is 0 Å². The van der Waals surface area contributed by atoms with Crippen molar-refractivity contribution in [3.63, 3.8) is 0 Å². The Bertz CT molecular complexity index is 300. The highest BCUT2D eigenvalue weighted by atomic mass is 32.1. The third-order valence-electron chi connectivity index (χ3n) is 2.31. The van der Waals surface area contributed by atoms with Gasteiger partial charge in [0.2, 0.25) is 0 Å². The van der Waals surface area contributed by atoms with Crippen molar-refractivity contribution in [2.45, 2.75) is 0 Å². The fraction of sp³-hybridized carbons (Fsp3) is 0.667. The van der Waals surface area contributed by atoms with Crippen molar-refractivity contribution in [3.8, 4) is 11.5 Å². The lowest BCUT2D eigenvalue weighted by atomic mass is 10.5. The van der Waals surface area contributed by atoms with E-state index in [1.807, 2.05) is 10.8 Å². The maximum Gasteiger partial charge on any atom is 0.171 e. The lowest BCUT2D eigenvalue weighted by Gasteiger charge is -2.08. The molecule has 5 nitrogen and oxygen atoms in total. The Morgan fingerprint density at radius 3 is 1.44 bits per heavy atom. The summed E-state index contributed by atoms with van der Waals surface area (Å²) >= 11 is 1.56. The third-order valence-corrected chi connectivity index (χ3v) is 3.01. The normalized spacial score (nSPS) is 19.8. The van der Waals surface area contributed by atoms with Crippen LogP contribution in [0.5, 0.6) is 11.5 Å². The highest BCUT2D eigenvalue weighted by Gasteiger charge is 2.06. The van der Waals surface area contributed by atoms with Gasteiger partial charge in [-0.25, -0.2) is 0 Å². The van der Waals surface area contributed by atoms with Crippen LogP contribution in [0.3, 0.4) is 0 Å². The number of ether oxygens (including phenoxy) is 5. The summed E-state index contributed by atoms with van der Waals surface area (Å²) in [6.07, 6.45) is 0. The molecule has 0 unspecified atom stereocenters. The largest absolute Gasteiger partial charge is 0.486 e. The number of hydrogen-bond donors (Lipinski definition) is 0. The van der Waals surface area contributed by atoms with Crippen molar-refractivity contribution in [2.24, 2.45) is 0 Å². The van der Waals surface area contributed by atoms with Gasteiger partial charge < -0.3 is 23.7 Å². The molecule has 0 amide bonds. The molecule has 0 bridgehead atoms. The van der Waals surface area contributed by atoms with Gasteiger partial charge in [0.25, 0.3) is 0 Å². The van der Waals surface area contributed by atoms with Gasteiger partial charge in [-0.3, -0.25) is 0 Å². The Morgan fingerprint density at radius 1 is 0.611 bits per heavy atom. The van der Waals surface area contributed by atoms with Crippen molar-refractivity contribution in [1.82, 2.24) is 0 Å². The molecule has 1 aliphatic rings. The van der Waals surface area contributed by atoms with Crippen LogP contribution >= 0.6 is 11.3 Å². The van der Waals surface area contributed by atoms with Crippen LogP contribution in [0.4, 0.5) is 0 Å². The second-order valence-corrected chi connectivity index (χ2v) is 4.38. The Kier molecular flexibility index (Phi) is 6.28. The maximum absolute atomic E-state index is 5.58. The Balaban J connectivity index is 1.81. The minimum absolute atomic E-state index is 0.517. The van der Waals surface area contributed by atoms with Crippen LogP contribution in [0.1, 0.15) is 0 Å². The monoisotopic (exact) mass is 274 g/mol. The van der Waals surface area contributed by atoms with Crippen LogP contribution in [0, 0.1) is 0 Å². The molecule has 0 saturated heterocycles. The topological polar surface area (TPSA) is 46.2 Å². The Labute approximate surface area is 111 Å². The summed E-state index contributed by atoms with van der Waals surface area (Å²) in [5.41, 5.74) is 0. The standard InChI is InChI=1S/C12H18O5S/c1-3-14-5-7-16-11-9-18-10-12(11)17-8-6-15-4-2-13-1/h9-10H,1-8H2. The minimum atomic E-state index is 0.517. The van der Waals surface area contributed by atoms with Crippen LogP contribution in [0.25, 0.3) is 0 Å². The molecular weight excluding hydrogens is 256 g/mol. The number of rotatable bonds is 0. The second-order valence-electron chi connectivity index (χ2n) is 3.63. The van der Waals surface area contributed by atoms with Crippen LogP contribution < -0.4 is 9.47 Å². The molecule has 0 atom stereocenters. The van der Waals surface area contributed by atoms with Crippen molar-refractivity contribution in [3.05, 3.63) is 10.8 Å². The molecule has 1 aliphatic heterocycles. The first-order chi connectivity index (χ1) is 8.97. The molecule has 2 heterocycles. The molecule has 1 aromatic heterocycles. The van der Waals surface area contributed by atoms with Gasteiger partial charge >= 0.3 is 0 Å². The van der Waals surface area contributed by atoms with Crippen molar-refractivity contribution >= 4 is 11.3 Å². The van der Waals surface area contributed by atoms with Crippen LogP contribution in [0.15, 0.2) is 10.8 Å². The zero-order valence-electron chi connectivity index (χ0n) is 10.3. The maximum atomic E-state index is 5.58. The summed E-state index contributed by atoms with van der Waals surface area (Å²) in [7, 11) is 0. The summed E-state index contributed by atoms with van der Waals surface area (Å²) in [5, 5.41) is 3.86. The van der Waals surface area contributed by atoms with E-state index in [0.29, 0.717) is 52.9 Å². The predicted molar refractivity (Wildman–Crippen MR) is 67.8 cm³/mol. The predicted octanol–water partition coefficient (Wildman–Crippen LogP) is 1.57. The zero-order chi connectivity index (χ0) is 12.5. The van der Waals surface area contributed by atoms with Crippen molar-refractivity contribution < 1.29 is 23.7 Å². The summed E-state index contributed by atoms with van der Waals surface area (Å²) in [6, 6.07) is 0. The molecular formula is C12H18O5S. The zero-order valence-corrected chi connectivity index (χ0v) is 11.1. The minimum Gasteiger partial charge on any atom is -0.486 e. The summed E-state index contributed by atoms with van der Waals surface area (Å²) in [6.45, 7) is 4.47. The highest BCUT2D eigenvalue weighted by molar-refractivity contribution is 7.08. The van der Waals surface area contributed by atoms with E-state index in [-0.39, 0.29) is 0 Å². The molecule has 18 heavy (non-hydrogen) atoms. The molecule has 0 N–H and O–H groups in total. The quantitative estimate of drug-likeness (QED) is 0.718. The first kappa shape index (κ1) is 13.6. The summed E-state index contributed by atoms with van der Waals surface area (Å²) in [5.74, 6) is 1.55. The second kappa shape index (κ2) is 8.31. The van der Waals surface area contributed by atoms with E-state index in [9.17, 15) is 0 Å². The van der Waals surface area contributed by atoms with Gasteiger partial charge in [0.1, 0.15) is 13.2 Å². The SMILES string of the molecule is c1scc2c1OCCOCCOCCOCCO2. The van der Waals surface area contributed by atoms with Gasteiger partial charge in [0.05, 0.1) is 39.6 Å². The smallest absolute Gasteiger partial charge is 0.171 e. The van der Waals surface area contributed by atoms with Crippen LogP contribution in [-0.4, -0.2) is 52.9 Å². The molecule has 0 spiro atoms. The number of hydrogen-bond acceptors (Lipinski definition) is 6. The van der Waals surface area contributed by atoms with E-state index in [1.54, 1.807) is 11.3 Å². The molecule has 2 rings (SSSR count). The molecule has 6 heteroatoms. The van der Waals surface area contributed by atoms with Crippen LogP contribution in [0.2, 0.25) is 0 Å². The van der Waals surface area contributed by atoms with E-state index < -0.39 is 0 Å². The van der Waals surface area contributed by atoms with Gasteiger partial charge in [-0.2, -0.15) is 0 Å². The fourth-order valence-corrected chi connectivity index (χ4v) is 2.13. The van der Waals surface area contributed by atoms with Gasteiger partial charge in [0, 0.05) is 10.8 Å². The average Bonchev–Trinajstić information content (AvgIpc) is 2.81. The van der Waals surface area contributed by atoms with Crippen LogP contribution in [-0.2, 0) is 14.2 Å². The van der Waals surface area contributed by atoms with E-state index >= 15 is 0 Å². The average molecular weight is 274 g/mol. The number of fused-ring (bicyclic) bond motifs is 1. The van der Waals surface area contributed by atoms with E-state index in [0.717, 1.165) is 11.5 Å². The van der Waals surface area contributed by atoms with Gasteiger partial charge in [-0.1, -0.05) is 0 Å². The molecule has 0 radical (unpaired) electrons. The van der Waals surface area contributed by atoms with Gasteiger partial charge in [0.15, 0.2) is 11.5 Å². The van der Waals surface area contributed by atoms with Gasteiger partial charge in [-0.15, -0.1) is 11.3 Å². The third kappa shape index (κ3) is 4.81. The van der Waals surface area contributed by atoms with E-state index in [4.69, 9.17) is 23.7 Å². The Hall–Kier alpha value is -0.820. The highest BCUT2D eigenvalue weighted by Crippen LogP contribution is 2.31. The molecule has 0 aromatic carbocycles. The summed E-state index contributed by atoms with van der Waals surface area (Å²) in [4.78, 5) is 0. The number of thiophene rings is 1.